The topological polar surface area (TPSA) is 62.0 Å². The molecule has 1 fully saturated rings. The van der Waals surface area contributed by atoms with Crippen LogP contribution in [0.25, 0.3) is 0 Å². The fourth-order valence-corrected chi connectivity index (χ4v) is 1.93. The maximum Gasteiger partial charge on any atom is 0.251 e. The van der Waals surface area contributed by atoms with Crippen LogP contribution in [0.1, 0.15) is 36.5 Å². The van der Waals surface area contributed by atoms with Gasteiger partial charge in [0.05, 0.1) is 0 Å². The monoisotopic (exact) mass is 220 g/mol. The van der Waals surface area contributed by atoms with Gasteiger partial charge in [-0.15, -0.1) is 0 Å². The Hall–Kier alpha value is -1.58. The molecule has 0 bridgehead atoms. The molecule has 4 heteroatoms. The van der Waals surface area contributed by atoms with Gasteiger partial charge in [0, 0.05) is 23.9 Å². The second-order valence-electron chi connectivity index (χ2n) is 4.39. The summed E-state index contributed by atoms with van der Waals surface area (Å²) in [6.07, 6.45) is 5.13. The third-order valence-electron chi connectivity index (χ3n) is 3.25. The summed E-state index contributed by atoms with van der Waals surface area (Å²) >= 11 is 0. The van der Waals surface area contributed by atoms with Crippen LogP contribution in [0.5, 0.6) is 0 Å². The molecule has 1 unspecified atom stereocenters. The number of rotatable bonds is 3. The lowest BCUT2D eigenvalue weighted by Crippen LogP contribution is -2.40. The third kappa shape index (κ3) is 2.32. The number of carbonyl (C=O) groups excluding carboxylic acids is 1. The van der Waals surface area contributed by atoms with Crippen molar-refractivity contribution in [2.45, 2.75) is 32.2 Å². The maximum atomic E-state index is 11.8. The van der Waals surface area contributed by atoms with Crippen LogP contribution in [0.4, 0.5) is 0 Å². The summed E-state index contributed by atoms with van der Waals surface area (Å²) in [5.74, 6) is 0.441. The van der Waals surface area contributed by atoms with E-state index >= 15 is 0 Å². The Labute approximate surface area is 94.1 Å². The highest BCUT2D eigenvalue weighted by Crippen LogP contribution is 2.29. The number of aromatic amines is 1. The zero-order valence-corrected chi connectivity index (χ0v) is 9.32. The fraction of sp³-hybridized carbons (Fsp3) is 0.500. The molecule has 0 aliphatic heterocycles. The summed E-state index contributed by atoms with van der Waals surface area (Å²) < 4.78 is 0. The lowest BCUT2D eigenvalue weighted by molar-refractivity contribution is 0.0909. The number of nitrogens with one attached hydrogen (secondary N) is 2. The van der Waals surface area contributed by atoms with E-state index in [2.05, 4.69) is 10.3 Å². The van der Waals surface area contributed by atoms with Crippen LogP contribution >= 0.6 is 0 Å². The third-order valence-corrected chi connectivity index (χ3v) is 3.25. The van der Waals surface area contributed by atoms with Gasteiger partial charge >= 0.3 is 0 Å². The molecule has 0 spiro atoms. The van der Waals surface area contributed by atoms with Crippen molar-refractivity contribution in [3.05, 3.63) is 34.2 Å². The van der Waals surface area contributed by atoms with Crippen molar-refractivity contribution in [3.63, 3.8) is 0 Å². The van der Waals surface area contributed by atoms with E-state index in [4.69, 9.17) is 0 Å². The molecule has 86 valence electrons. The second kappa shape index (κ2) is 4.51. The van der Waals surface area contributed by atoms with Gasteiger partial charge in [0.2, 0.25) is 5.56 Å². The average Bonchev–Trinajstić information content (AvgIpc) is 2.14. The van der Waals surface area contributed by atoms with Crippen LogP contribution in [0.15, 0.2) is 23.1 Å². The zero-order valence-electron chi connectivity index (χ0n) is 9.32. The van der Waals surface area contributed by atoms with Crippen molar-refractivity contribution in [2.24, 2.45) is 5.92 Å². The largest absolute Gasteiger partial charge is 0.349 e. The normalized spacial score (nSPS) is 17.6. The van der Waals surface area contributed by atoms with Crippen molar-refractivity contribution < 1.29 is 4.79 Å². The highest BCUT2D eigenvalue weighted by Gasteiger charge is 2.25. The molecule has 0 aromatic carbocycles. The summed E-state index contributed by atoms with van der Waals surface area (Å²) in [5.41, 5.74) is 0.180. The first-order valence-corrected chi connectivity index (χ1v) is 5.66. The number of hydrogen-bond acceptors (Lipinski definition) is 2. The molecule has 1 aliphatic rings. The number of amides is 1. The number of carbonyl (C=O) groups is 1. The van der Waals surface area contributed by atoms with Gasteiger partial charge in [-0.25, -0.2) is 0 Å². The lowest BCUT2D eigenvalue weighted by Gasteiger charge is -2.31. The van der Waals surface area contributed by atoms with E-state index in [9.17, 15) is 9.59 Å². The van der Waals surface area contributed by atoms with Crippen LogP contribution in [0.3, 0.4) is 0 Å². The SMILES string of the molecule is CC(NC(=O)c1cc[nH]c(=O)c1)C1CCC1. The smallest absolute Gasteiger partial charge is 0.251 e. The van der Waals surface area contributed by atoms with Crippen LogP contribution in [0.2, 0.25) is 0 Å². The number of aromatic nitrogens is 1. The molecule has 1 aromatic rings. The molecule has 16 heavy (non-hydrogen) atoms. The Kier molecular flexibility index (Phi) is 3.08. The van der Waals surface area contributed by atoms with Gasteiger partial charge in [-0.05, 0) is 31.7 Å². The molecule has 1 saturated carbocycles. The van der Waals surface area contributed by atoms with E-state index < -0.39 is 0 Å². The zero-order chi connectivity index (χ0) is 11.5. The predicted molar refractivity (Wildman–Crippen MR) is 61.3 cm³/mol. The van der Waals surface area contributed by atoms with Gasteiger partial charge in [0.25, 0.3) is 5.91 Å². The molecule has 1 atom stereocenters. The van der Waals surface area contributed by atoms with Gasteiger partial charge < -0.3 is 10.3 Å². The van der Waals surface area contributed by atoms with E-state index in [1.165, 1.54) is 31.5 Å². The summed E-state index contributed by atoms with van der Waals surface area (Å²) in [4.78, 5) is 25.3. The first-order valence-electron chi connectivity index (χ1n) is 5.66. The van der Waals surface area contributed by atoms with Crippen LogP contribution < -0.4 is 10.9 Å². The van der Waals surface area contributed by atoms with E-state index in [0.29, 0.717) is 11.5 Å². The average molecular weight is 220 g/mol. The number of hydrogen-bond donors (Lipinski definition) is 2. The Balaban J connectivity index is 1.99. The molecule has 1 aliphatic carbocycles. The van der Waals surface area contributed by atoms with E-state index in [1.54, 1.807) is 6.07 Å². The van der Waals surface area contributed by atoms with Gasteiger partial charge in [-0.3, -0.25) is 9.59 Å². The lowest BCUT2D eigenvalue weighted by atomic mass is 9.80. The van der Waals surface area contributed by atoms with Gasteiger partial charge in [0.15, 0.2) is 0 Å². The minimum atomic E-state index is -0.246. The van der Waals surface area contributed by atoms with Crippen molar-refractivity contribution in [2.75, 3.05) is 0 Å². The molecular formula is C12H16N2O2. The number of H-pyrrole nitrogens is 1. The molecule has 0 radical (unpaired) electrons. The number of pyridine rings is 1. The fourth-order valence-electron chi connectivity index (χ4n) is 1.93. The molecule has 1 aromatic heterocycles. The summed E-state index contributed by atoms with van der Waals surface area (Å²) in [7, 11) is 0. The van der Waals surface area contributed by atoms with Gasteiger partial charge in [-0.2, -0.15) is 0 Å². The first kappa shape index (κ1) is 10.9. The Morgan fingerprint density at radius 3 is 2.88 bits per heavy atom. The summed E-state index contributed by atoms with van der Waals surface area (Å²) in [6, 6.07) is 3.13. The molecule has 2 rings (SSSR count). The van der Waals surface area contributed by atoms with Crippen molar-refractivity contribution >= 4 is 5.91 Å². The van der Waals surface area contributed by atoms with Crippen LogP contribution in [-0.2, 0) is 0 Å². The Morgan fingerprint density at radius 2 is 2.31 bits per heavy atom. The van der Waals surface area contributed by atoms with E-state index in [0.717, 1.165) is 0 Å². The highest BCUT2D eigenvalue weighted by molar-refractivity contribution is 5.94. The summed E-state index contributed by atoms with van der Waals surface area (Å²) in [5, 5.41) is 2.93. The van der Waals surface area contributed by atoms with Crippen LogP contribution in [0, 0.1) is 5.92 Å². The van der Waals surface area contributed by atoms with Crippen molar-refractivity contribution in [3.8, 4) is 0 Å². The minimum Gasteiger partial charge on any atom is -0.349 e. The van der Waals surface area contributed by atoms with Gasteiger partial charge in [-0.1, -0.05) is 6.42 Å². The quantitative estimate of drug-likeness (QED) is 0.806. The summed E-state index contributed by atoms with van der Waals surface area (Å²) in [6.45, 7) is 2.02. The maximum absolute atomic E-state index is 11.8. The first-order chi connectivity index (χ1) is 7.66. The highest BCUT2D eigenvalue weighted by atomic mass is 16.2. The Morgan fingerprint density at radius 1 is 1.56 bits per heavy atom. The van der Waals surface area contributed by atoms with E-state index in [-0.39, 0.29) is 17.5 Å². The molecule has 2 N–H and O–H groups in total. The molecular weight excluding hydrogens is 204 g/mol. The predicted octanol–water partition coefficient (Wildman–Crippen LogP) is 1.29. The van der Waals surface area contributed by atoms with Crippen molar-refractivity contribution in [1.29, 1.82) is 0 Å². The standard InChI is InChI=1S/C12H16N2O2/c1-8(9-3-2-4-9)14-12(16)10-5-6-13-11(15)7-10/h5-9H,2-4H2,1H3,(H,13,15)(H,14,16). The molecule has 4 nitrogen and oxygen atoms in total. The molecule has 1 amide bonds. The van der Waals surface area contributed by atoms with Crippen LogP contribution in [-0.4, -0.2) is 16.9 Å². The second-order valence-corrected chi connectivity index (χ2v) is 4.39. The van der Waals surface area contributed by atoms with Gasteiger partial charge in [0.1, 0.15) is 0 Å². The van der Waals surface area contributed by atoms with E-state index in [1.807, 2.05) is 6.92 Å². The minimum absolute atomic E-state index is 0.162. The molecule has 1 heterocycles. The Bertz CT molecular complexity index is 435. The molecule has 0 saturated heterocycles. The van der Waals surface area contributed by atoms with Crippen molar-refractivity contribution in [1.82, 2.24) is 10.3 Å².